The number of fused-ring (bicyclic) bond motifs is 3. The summed E-state index contributed by atoms with van der Waals surface area (Å²) in [5, 5.41) is 9.52. The van der Waals surface area contributed by atoms with Gasteiger partial charge < -0.3 is 9.67 Å². The summed E-state index contributed by atoms with van der Waals surface area (Å²) >= 11 is 0. The predicted octanol–water partition coefficient (Wildman–Crippen LogP) is 3.99. The first-order valence-electron chi connectivity index (χ1n) is 11.2. The number of nitrogens with zero attached hydrogens (tertiary/aromatic N) is 3. The maximum atomic E-state index is 13.1. The van der Waals surface area contributed by atoms with E-state index in [2.05, 4.69) is 9.88 Å². The number of aromatic nitrogens is 2. The molecule has 0 amide bonds. The number of carboxylic acid groups (broad SMARTS) is 1. The Morgan fingerprint density at radius 1 is 0.897 bits per heavy atom. The number of carbonyl (C=O) groups is 1. The Hall–Kier alpha value is -2.21. The van der Waals surface area contributed by atoms with Gasteiger partial charge in [0.2, 0.25) is 5.69 Å². The molecular weight excluding hydrogens is 366 g/mol. The fraction of sp³-hybridized carbons (Fsp3) is 0.609. The topological polar surface area (TPSA) is 75.4 Å². The molecule has 1 aromatic carbocycles. The Morgan fingerprint density at radius 3 is 2.21 bits per heavy atom. The van der Waals surface area contributed by atoms with Gasteiger partial charge in [-0.05, 0) is 50.7 Å². The summed E-state index contributed by atoms with van der Waals surface area (Å²) in [6, 6.07) is 9.19. The number of rotatable bonds is 3. The summed E-state index contributed by atoms with van der Waals surface area (Å²) in [4.78, 5) is 31.7. The third-order valence-corrected chi connectivity index (χ3v) is 7.37. The molecule has 6 heteroatoms. The third-order valence-electron chi connectivity index (χ3n) is 7.37. The first-order valence-corrected chi connectivity index (χ1v) is 11.2. The number of carboxylic acids is 1. The van der Waals surface area contributed by atoms with Crippen LogP contribution in [0.5, 0.6) is 0 Å². The van der Waals surface area contributed by atoms with Crippen molar-refractivity contribution in [2.75, 3.05) is 0 Å². The van der Waals surface area contributed by atoms with Gasteiger partial charge in [0.25, 0.3) is 5.56 Å². The summed E-state index contributed by atoms with van der Waals surface area (Å²) in [5.41, 5.74) is 0.531. The average molecular weight is 396 g/mol. The van der Waals surface area contributed by atoms with Crippen LogP contribution in [0.2, 0.25) is 0 Å². The molecule has 1 aliphatic carbocycles. The van der Waals surface area contributed by atoms with E-state index in [9.17, 15) is 14.7 Å². The van der Waals surface area contributed by atoms with Gasteiger partial charge in [-0.25, -0.2) is 9.78 Å². The van der Waals surface area contributed by atoms with Gasteiger partial charge in [0, 0.05) is 24.2 Å². The van der Waals surface area contributed by atoms with E-state index in [0.717, 1.165) is 18.4 Å². The maximum absolute atomic E-state index is 13.1. The first-order chi connectivity index (χ1) is 14.1. The molecule has 6 nitrogen and oxygen atoms in total. The molecule has 2 aromatic rings. The molecule has 0 spiro atoms. The van der Waals surface area contributed by atoms with Crippen LogP contribution in [0.1, 0.15) is 80.7 Å². The Kier molecular flexibility index (Phi) is 4.90. The lowest BCUT2D eigenvalue weighted by Crippen LogP contribution is -2.50. The molecule has 2 aliphatic heterocycles. The van der Waals surface area contributed by atoms with Crippen LogP contribution >= 0.6 is 0 Å². The Balaban J connectivity index is 1.51. The van der Waals surface area contributed by atoms with Gasteiger partial charge in [0.05, 0.1) is 11.0 Å². The summed E-state index contributed by atoms with van der Waals surface area (Å²) < 4.78 is 1.75. The van der Waals surface area contributed by atoms with Crippen LogP contribution in [0.4, 0.5) is 0 Å². The Morgan fingerprint density at radius 2 is 1.55 bits per heavy atom. The average Bonchev–Trinajstić information content (AvgIpc) is 2.91. The molecular formula is C23H29N3O3. The predicted molar refractivity (Wildman–Crippen MR) is 111 cm³/mol. The lowest BCUT2D eigenvalue weighted by molar-refractivity contribution is 0.0546. The monoisotopic (exact) mass is 395 g/mol. The van der Waals surface area contributed by atoms with Crippen LogP contribution in [0.25, 0.3) is 11.0 Å². The zero-order valence-corrected chi connectivity index (χ0v) is 16.8. The number of aromatic carboxylic acids is 1. The van der Waals surface area contributed by atoms with E-state index in [1.54, 1.807) is 10.6 Å². The zero-order chi connectivity index (χ0) is 20.0. The zero-order valence-electron chi connectivity index (χ0n) is 16.8. The Bertz CT molecular complexity index is 963. The van der Waals surface area contributed by atoms with Crippen molar-refractivity contribution < 1.29 is 9.90 Å². The molecule has 1 N–H and O–H groups in total. The minimum absolute atomic E-state index is 0.0491. The van der Waals surface area contributed by atoms with E-state index >= 15 is 0 Å². The van der Waals surface area contributed by atoms with Gasteiger partial charge in [0.15, 0.2) is 0 Å². The van der Waals surface area contributed by atoms with Gasteiger partial charge >= 0.3 is 5.97 Å². The van der Waals surface area contributed by atoms with Crippen molar-refractivity contribution in [3.8, 4) is 0 Å². The fourth-order valence-electron chi connectivity index (χ4n) is 6.20. The van der Waals surface area contributed by atoms with Crippen LogP contribution in [0.3, 0.4) is 0 Å². The van der Waals surface area contributed by atoms with Crippen LogP contribution < -0.4 is 5.56 Å². The number of para-hydroxylation sites is 2. The standard InChI is InChI=1S/C23H29N3O3/c27-22-21(23(28)29)24-19-9-5-6-10-20(19)26(22)18-13-16-11-12-17(14-18)25(16)15-7-3-1-2-4-8-15/h5-6,9-10,15-18H,1-4,7-8,11-14H2,(H,28,29). The molecule has 1 aromatic heterocycles. The largest absolute Gasteiger partial charge is 0.476 e. The van der Waals surface area contributed by atoms with E-state index < -0.39 is 11.5 Å². The normalized spacial score (nSPS) is 28.5. The number of hydrogen-bond acceptors (Lipinski definition) is 4. The van der Waals surface area contributed by atoms with Gasteiger partial charge in [-0.2, -0.15) is 0 Å². The lowest BCUT2D eigenvalue weighted by Gasteiger charge is -2.44. The van der Waals surface area contributed by atoms with E-state index in [1.165, 1.54) is 51.4 Å². The number of benzene rings is 1. The van der Waals surface area contributed by atoms with Crippen molar-refractivity contribution in [3.05, 3.63) is 40.3 Å². The molecule has 2 unspecified atom stereocenters. The molecule has 29 heavy (non-hydrogen) atoms. The van der Waals surface area contributed by atoms with Gasteiger partial charge in [-0.3, -0.25) is 9.69 Å². The van der Waals surface area contributed by atoms with Gasteiger partial charge in [-0.1, -0.05) is 37.8 Å². The second kappa shape index (κ2) is 7.56. The highest BCUT2D eigenvalue weighted by atomic mass is 16.4. The SMILES string of the molecule is O=C(O)c1nc2ccccc2n(C2CC3CCC(C2)N3C2CCCCCC2)c1=O. The summed E-state index contributed by atoms with van der Waals surface area (Å²) in [6.07, 6.45) is 12.2. The highest BCUT2D eigenvalue weighted by Crippen LogP contribution is 2.44. The molecule has 154 valence electrons. The van der Waals surface area contributed by atoms with E-state index in [-0.39, 0.29) is 11.7 Å². The van der Waals surface area contributed by atoms with E-state index in [1.807, 2.05) is 18.2 Å². The third kappa shape index (κ3) is 3.27. The molecule has 5 rings (SSSR count). The van der Waals surface area contributed by atoms with Crippen LogP contribution in [-0.4, -0.2) is 43.7 Å². The molecule has 1 saturated carbocycles. The second-order valence-electron chi connectivity index (χ2n) is 9.03. The van der Waals surface area contributed by atoms with Crippen molar-refractivity contribution >= 4 is 17.0 Å². The van der Waals surface area contributed by atoms with E-state index in [4.69, 9.17) is 0 Å². The maximum Gasteiger partial charge on any atom is 0.360 e. The lowest BCUT2D eigenvalue weighted by atomic mass is 9.92. The van der Waals surface area contributed by atoms with Crippen molar-refractivity contribution in [3.63, 3.8) is 0 Å². The van der Waals surface area contributed by atoms with Crippen LogP contribution in [0.15, 0.2) is 29.1 Å². The Labute approximate surface area is 170 Å². The molecule has 3 heterocycles. The summed E-state index contributed by atoms with van der Waals surface area (Å²) in [6.45, 7) is 0. The fourth-order valence-corrected chi connectivity index (χ4v) is 6.20. The quantitative estimate of drug-likeness (QED) is 0.796. The highest BCUT2D eigenvalue weighted by molar-refractivity contribution is 5.88. The van der Waals surface area contributed by atoms with Crippen molar-refractivity contribution in [1.82, 2.24) is 14.5 Å². The number of hydrogen-bond donors (Lipinski definition) is 1. The van der Waals surface area contributed by atoms with Gasteiger partial charge in [-0.15, -0.1) is 0 Å². The highest BCUT2D eigenvalue weighted by Gasteiger charge is 2.44. The van der Waals surface area contributed by atoms with Crippen molar-refractivity contribution in [2.45, 2.75) is 88.4 Å². The van der Waals surface area contributed by atoms with Crippen molar-refractivity contribution in [2.24, 2.45) is 0 Å². The minimum Gasteiger partial charge on any atom is -0.476 e. The molecule has 3 aliphatic rings. The number of piperidine rings is 1. The molecule has 2 bridgehead atoms. The molecule has 0 radical (unpaired) electrons. The van der Waals surface area contributed by atoms with Gasteiger partial charge in [0.1, 0.15) is 0 Å². The van der Waals surface area contributed by atoms with E-state index in [0.29, 0.717) is 23.6 Å². The first kappa shape index (κ1) is 18.8. The van der Waals surface area contributed by atoms with Crippen molar-refractivity contribution in [1.29, 1.82) is 0 Å². The minimum atomic E-state index is -1.24. The van der Waals surface area contributed by atoms with Crippen LogP contribution in [0, 0.1) is 0 Å². The molecule has 2 saturated heterocycles. The molecule has 2 atom stereocenters. The summed E-state index contributed by atoms with van der Waals surface area (Å²) in [7, 11) is 0. The second-order valence-corrected chi connectivity index (χ2v) is 9.03. The summed E-state index contributed by atoms with van der Waals surface area (Å²) in [5.74, 6) is -1.24. The van der Waals surface area contributed by atoms with Crippen LogP contribution in [-0.2, 0) is 0 Å². The smallest absolute Gasteiger partial charge is 0.360 e. The molecule has 3 fully saturated rings.